The van der Waals surface area contributed by atoms with Gasteiger partial charge in [-0.1, -0.05) is 35.9 Å². The van der Waals surface area contributed by atoms with Crippen LogP contribution in [0.15, 0.2) is 42.5 Å². The van der Waals surface area contributed by atoms with Crippen LogP contribution in [0.4, 0.5) is 4.39 Å². The number of nitrogens with one attached hydrogen (secondary N) is 1. The molecule has 0 aliphatic carbocycles. The molecule has 1 aliphatic rings. The second kappa shape index (κ2) is 4.54. The third-order valence-electron chi connectivity index (χ3n) is 3.56. The fraction of sp³-hybridized carbons (Fsp3) is 0.250. The van der Waals surface area contributed by atoms with Crippen LogP contribution in [-0.2, 0) is 6.42 Å². The molecule has 0 radical (unpaired) electrons. The zero-order valence-electron chi connectivity index (χ0n) is 10.4. The molecule has 3 rings (SSSR count). The van der Waals surface area contributed by atoms with E-state index >= 15 is 0 Å². The molecular formula is C16H16FN. The summed E-state index contributed by atoms with van der Waals surface area (Å²) < 4.78 is 13.0. The average molecular weight is 241 g/mol. The van der Waals surface area contributed by atoms with E-state index < -0.39 is 0 Å². The van der Waals surface area contributed by atoms with Crippen LogP contribution in [0, 0.1) is 12.7 Å². The minimum atomic E-state index is -0.181. The molecule has 0 aromatic heterocycles. The number of halogens is 1. The number of rotatable bonds is 1. The summed E-state index contributed by atoms with van der Waals surface area (Å²) in [5.41, 5.74) is 5.12. The molecule has 18 heavy (non-hydrogen) atoms. The van der Waals surface area contributed by atoms with Gasteiger partial charge in [0.1, 0.15) is 5.82 Å². The van der Waals surface area contributed by atoms with Crippen molar-refractivity contribution in [3.05, 3.63) is 70.5 Å². The van der Waals surface area contributed by atoms with Gasteiger partial charge in [-0.05, 0) is 42.2 Å². The van der Waals surface area contributed by atoms with Crippen LogP contribution in [0.2, 0.25) is 0 Å². The highest BCUT2D eigenvalue weighted by atomic mass is 19.1. The molecule has 1 N–H and O–H groups in total. The van der Waals surface area contributed by atoms with E-state index in [1.54, 1.807) is 0 Å². The highest BCUT2D eigenvalue weighted by Crippen LogP contribution is 2.29. The Bertz CT molecular complexity index is 560. The van der Waals surface area contributed by atoms with E-state index in [1.165, 1.54) is 28.8 Å². The number of fused-ring (bicyclic) bond motifs is 1. The first kappa shape index (κ1) is 11.4. The molecular weight excluding hydrogens is 225 g/mol. The van der Waals surface area contributed by atoms with Crippen molar-refractivity contribution in [3.8, 4) is 0 Å². The maximum Gasteiger partial charge on any atom is 0.123 e. The minimum Gasteiger partial charge on any atom is -0.306 e. The van der Waals surface area contributed by atoms with E-state index in [2.05, 4.69) is 30.4 Å². The Kier molecular flexibility index (Phi) is 2.88. The predicted molar refractivity (Wildman–Crippen MR) is 71.1 cm³/mol. The molecule has 2 aromatic carbocycles. The monoisotopic (exact) mass is 241 g/mol. The first-order valence-corrected chi connectivity index (χ1v) is 6.32. The average Bonchev–Trinajstić information content (AvgIpc) is 2.39. The number of hydrogen-bond acceptors (Lipinski definition) is 1. The van der Waals surface area contributed by atoms with Gasteiger partial charge in [0.15, 0.2) is 0 Å². The Hall–Kier alpha value is -1.67. The maximum atomic E-state index is 13.0. The number of hydrogen-bond donors (Lipinski definition) is 1. The summed E-state index contributed by atoms with van der Waals surface area (Å²) in [7, 11) is 0. The topological polar surface area (TPSA) is 12.0 Å². The van der Waals surface area contributed by atoms with Gasteiger partial charge in [-0.15, -0.1) is 0 Å². The van der Waals surface area contributed by atoms with Gasteiger partial charge < -0.3 is 5.32 Å². The lowest BCUT2D eigenvalue weighted by Crippen LogP contribution is -2.30. The molecule has 0 fully saturated rings. The van der Waals surface area contributed by atoms with Gasteiger partial charge in [0.2, 0.25) is 0 Å². The molecule has 1 aliphatic heterocycles. The Balaban J connectivity index is 2.05. The summed E-state index contributed by atoms with van der Waals surface area (Å²) >= 11 is 0. The second-order valence-electron chi connectivity index (χ2n) is 4.89. The molecule has 1 nitrogen and oxygen atoms in total. The summed E-state index contributed by atoms with van der Waals surface area (Å²) in [5.74, 6) is -0.181. The fourth-order valence-corrected chi connectivity index (χ4v) is 2.62. The van der Waals surface area contributed by atoms with E-state index in [1.807, 2.05) is 12.1 Å². The molecule has 92 valence electrons. The van der Waals surface area contributed by atoms with Crippen molar-refractivity contribution in [1.82, 2.24) is 5.32 Å². The highest BCUT2D eigenvalue weighted by molar-refractivity contribution is 5.41. The van der Waals surface area contributed by atoms with Crippen LogP contribution in [-0.4, -0.2) is 6.54 Å². The number of aryl methyl sites for hydroxylation is 1. The van der Waals surface area contributed by atoms with Crippen LogP contribution >= 0.6 is 0 Å². The highest BCUT2D eigenvalue weighted by Gasteiger charge is 2.20. The SMILES string of the molecule is Cc1ccc2c(c1)[C@H](c1ccc(F)cc1)NCC2. The third kappa shape index (κ3) is 2.04. The molecule has 2 heteroatoms. The van der Waals surface area contributed by atoms with Gasteiger partial charge in [0.05, 0.1) is 6.04 Å². The Morgan fingerprint density at radius 2 is 1.89 bits per heavy atom. The normalized spacial score (nSPS) is 18.4. The van der Waals surface area contributed by atoms with Crippen LogP contribution in [0.5, 0.6) is 0 Å². The lowest BCUT2D eigenvalue weighted by molar-refractivity contribution is 0.565. The molecule has 0 saturated heterocycles. The van der Waals surface area contributed by atoms with Crippen LogP contribution < -0.4 is 5.32 Å². The maximum absolute atomic E-state index is 13.0. The molecule has 0 unspecified atom stereocenters. The first-order chi connectivity index (χ1) is 8.74. The molecule has 2 aromatic rings. The van der Waals surface area contributed by atoms with Gasteiger partial charge >= 0.3 is 0 Å². The zero-order chi connectivity index (χ0) is 12.5. The summed E-state index contributed by atoms with van der Waals surface area (Å²) in [5, 5.41) is 3.52. The van der Waals surface area contributed by atoms with Crippen molar-refractivity contribution in [2.24, 2.45) is 0 Å². The van der Waals surface area contributed by atoms with Crippen molar-refractivity contribution in [2.45, 2.75) is 19.4 Å². The Morgan fingerprint density at radius 1 is 1.11 bits per heavy atom. The lowest BCUT2D eigenvalue weighted by atomic mass is 9.89. The predicted octanol–water partition coefficient (Wildman–Crippen LogP) is 3.37. The van der Waals surface area contributed by atoms with Crippen LogP contribution in [0.3, 0.4) is 0 Å². The van der Waals surface area contributed by atoms with Crippen molar-refractivity contribution >= 4 is 0 Å². The van der Waals surface area contributed by atoms with Gasteiger partial charge in [0, 0.05) is 6.54 Å². The largest absolute Gasteiger partial charge is 0.306 e. The minimum absolute atomic E-state index is 0.181. The van der Waals surface area contributed by atoms with Crippen LogP contribution in [0.25, 0.3) is 0 Å². The summed E-state index contributed by atoms with van der Waals surface area (Å²) in [6.07, 6.45) is 1.06. The smallest absolute Gasteiger partial charge is 0.123 e. The molecule has 1 atom stereocenters. The van der Waals surface area contributed by atoms with E-state index in [-0.39, 0.29) is 11.9 Å². The fourth-order valence-electron chi connectivity index (χ4n) is 2.62. The van der Waals surface area contributed by atoms with Gasteiger partial charge in [0.25, 0.3) is 0 Å². The van der Waals surface area contributed by atoms with Crippen LogP contribution in [0.1, 0.15) is 28.3 Å². The standard InChI is InChI=1S/C16H16FN/c1-11-2-3-12-8-9-18-16(15(12)10-11)13-4-6-14(17)7-5-13/h2-7,10,16,18H,8-9H2,1H3/t16-/m0/s1. The van der Waals surface area contributed by atoms with Crippen molar-refractivity contribution in [1.29, 1.82) is 0 Å². The summed E-state index contributed by atoms with van der Waals surface area (Å²) in [4.78, 5) is 0. The quantitative estimate of drug-likeness (QED) is 0.807. The van der Waals surface area contributed by atoms with Crippen molar-refractivity contribution in [2.75, 3.05) is 6.54 Å². The summed E-state index contributed by atoms with van der Waals surface area (Å²) in [6, 6.07) is 13.6. The lowest BCUT2D eigenvalue weighted by Gasteiger charge is -2.27. The van der Waals surface area contributed by atoms with Gasteiger partial charge in [-0.2, -0.15) is 0 Å². The Labute approximate surface area is 107 Å². The van der Waals surface area contributed by atoms with E-state index in [4.69, 9.17) is 0 Å². The third-order valence-corrected chi connectivity index (χ3v) is 3.56. The molecule has 0 saturated carbocycles. The molecule has 1 heterocycles. The van der Waals surface area contributed by atoms with Gasteiger partial charge in [-0.3, -0.25) is 0 Å². The number of benzene rings is 2. The van der Waals surface area contributed by atoms with E-state index in [0.717, 1.165) is 18.5 Å². The van der Waals surface area contributed by atoms with E-state index in [0.29, 0.717) is 0 Å². The first-order valence-electron chi connectivity index (χ1n) is 6.32. The summed E-state index contributed by atoms with van der Waals surface area (Å²) in [6.45, 7) is 3.08. The zero-order valence-corrected chi connectivity index (χ0v) is 10.4. The molecule has 0 bridgehead atoms. The van der Waals surface area contributed by atoms with Crippen molar-refractivity contribution in [3.63, 3.8) is 0 Å². The van der Waals surface area contributed by atoms with Crippen molar-refractivity contribution < 1.29 is 4.39 Å². The molecule has 0 amide bonds. The molecule has 0 spiro atoms. The van der Waals surface area contributed by atoms with Gasteiger partial charge in [-0.25, -0.2) is 4.39 Å². The van der Waals surface area contributed by atoms with E-state index in [9.17, 15) is 4.39 Å². The second-order valence-corrected chi connectivity index (χ2v) is 4.89. The Morgan fingerprint density at radius 3 is 2.67 bits per heavy atom.